The molecule has 0 radical (unpaired) electrons. The minimum atomic E-state index is -0.150. The molecule has 2 aliphatic heterocycles. The van der Waals surface area contributed by atoms with Gasteiger partial charge >= 0.3 is 0 Å². The lowest BCUT2D eigenvalue weighted by atomic mass is 10.0. The number of hydrogen-bond donors (Lipinski definition) is 6. The number of amides is 4. The average Bonchev–Trinajstić information content (AvgIpc) is 1.60. The number of carbonyl (C=O) groups excluding carboxylic acids is 4. The van der Waals surface area contributed by atoms with Gasteiger partial charge in [-0.1, -0.05) is 282 Å². The molecular weight excluding hydrogens is 1390 g/mol. The number of rotatable bonds is 56. The van der Waals surface area contributed by atoms with E-state index >= 15 is 0 Å². The Morgan fingerprint density at radius 1 is 0.250 bits per heavy atom. The van der Waals surface area contributed by atoms with Crippen molar-refractivity contribution in [2.45, 2.75) is 259 Å². The molecule has 0 saturated carbocycles. The molecule has 0 saturated heterocycles. The van der Waals surface area contributed by atoms with E-state index in [4.69, 9.17) is 28.9 Å². The molecule has 4 aromatic carbocycles. The summed E-state index contributed by atoms with van der Waals surface area (Å²) in [4.78, 5) is 71.2. The third kappa shape index (κ3) is 29.9. The van der Waals surface area contributed by atoms with Crippen LogP contribution in [0.5, 0.6) is 23.0 Å². The highest BCUT2D eigenvalue weighted by Gasteiger charge is 2.21. The second-order valence-corrected chi connectivity index (χ2v) is 30.5. The van der Waals surface area contributed by atoms with Crippen LogP contribution in [0.4, 0.5) is 0 Å². The van der Waals surface area contributed by atoms with Crippen molar-refractivity contribution in [2.75, 3.05) is 52.6 Å². The monoisotopic (exact) mass is 1520 g/mol. The lowest BCUT2D eigenvalue weighted by Crippen LogP contribution is -2.29. The smallest absolute Gasteiger partial charge is 0.257 e. The quantitative estimate of drug-likeness (QED) is 0.0199. The van der Waals surface area contributed by atoms with E-state index in [2.05, 4.69) is 107 Å². The molecule has 0 unspecified atom stereocenters. The Balaban J connectivity index is 1.03. The molecule has 0 fully saturated rings. The third-order valence-corrected chi connectivity index (χ3v) is 21.2. The van der Waals surface area contributed by atoms with Crippen molar-refractivity contribution < 1.29 is 38.1 Å². The van der Waals surface area contributed by atoms with E-state index in [0.717, 1.165) is 118 Å². The van der Waals surface area contributed by atoms with Gasteiger partial charge in [0.25, 0.3) is 23.6 Å². The molecule has 6 N–H and O–H groups in total. The summed E-state index contributed by atoms with van der Waals surface area (Å²) in [5, 5.41) is 12.2. The highest BCUT2D eigenvalue weighted by Crippen LogP contribution is 2.40. The van der Waals surface area contributed by atoms with Crippen LogP contribution in [-0.4, -0.2) is 96.2 Å². The zero-order valence-corrected chi connectivity index (χ0v) is 68.1. The van der Waals surface area contributed by atoms with Gasteiger partial charge in [0.2, 0.25) is 0 Å². The molecule has 3 aromatic heterocycles. The van der Waals surface area contributed by atoms with Gasteiger partial charge in [-0.3, -0.25) is 19.2 Å². The van der Waals surface area contributed by atoms with Crippen LogP contribution in [0, 0.1) is 0 Å². The minimum Gasteiger partial charge on any atom is -0.484 e. The number of ether oxygens (including phenoxy) is 4. The van der Waals surface area contributed by atoms with Crippen LogP contribution in [0.15, 0.2) is 121 Å². The number of aromatic amines is 2. The normalized spacial score (nSPS) is 11.6. The van der Waals surface area contributed by atoms with Crippen molar-refractivity contribution in [1.29, 1.82) is 0 Å². The summed E-state index contributed by atoms with van der Waals surface area (Å²) in [6.45, 7) is 11.1. The van der Waals surface area contributed by atoms with Gasteiger partial charge in [-0.05, 0) is 145 Å². The Labute approximate surface area is 668 Å². The average molecular weight is 1520 g/mol. The van der Waals surface area contributed by atoms with Crippen molar-refractivity contribution in [1.82, 2.24) is 41.2 Å². The topological polar surface area (TPSA) is 211 Å². The standard InChI is InChI=1S/C96H130N8O8/c1-5-9-13-17-21-25-29-33-37-65-97-89(105)69-109-77-49-41-73(42-50-77)93-81-57-59-83(101-81)94(74-43-51-78(52-44-74)110-70-90(106)98-66-38-34-30-26-22-18-14-10-6-2)85-61-63-87(103-85)96(76-47-55-80(56-48-76)112-72-92(108)100-68-40-36-32-28-24-20-16-12-8-4)88-64-62-86(104-88)95(84-60-58-82(93)102-84)75-45-53-79(54-46-75)111-71-91(107)99-67-39-35-31-27-23-19-15-11-7-3/h41-64,101,104H,5-40,65-72H2,1-4H3,(H,97,105)(H,98,106)(H,99,107)(H,100,108). The Hall–Kier alpha value is -9.44. The summed E-state index contributed by atoms with van der Waals surface area (Å²) < 4.78 is 24.5. The lowest BCUT2D eigenvalue weighted by Gasteiger charge is -2.10. The Morgan fingerprint density at radius 3 is 0.616 bits per heavy atom. The number of benzene rings is 4. The first kappa shape index (κ1) is 86.5. The van der Waals surface area contributed by atoms with Crippen LogP contribution in [0.25, 0.3) is 90.9 Å². The maximum atomic E-state index is 13.1. The number of hydrogen-bond acceptors (Lipinski definition) is 10. The predicted molar refractivity (Wildman–Crippen MR) is 464 cm³/mol. The first-order chi connectivity index (χ1) is 55.1. The highest BCUT2D eigenvalue weighted by atomic mass is 16.5. The fraction of sp³-hybridized carbons (Fsp3) is 0.500. The summed E-state index contributed by atoms with van der Waals surface area (Å²) >= 11 is 0. The van der Waals surface area contributed by atoms with Gasteiger partial charge in [-0.25, -0.2) is 9.97 Å². The summed E-state index contributed by atoms with van der Waals surface area (Å²) in [7, 11) is 0. The molecule has 9 rings (SSSR count). The second-order valence-electron chi connectivity index (χ2n) is 30.5. The fourth-order valence-corrected chi connectivity index (χ4v) is 14.7. The maximum Gasteiger partial charge on any atom is 0.257 e. The zero-order chi connectivity index (χ0) is 78.4. The fourth-order valence-electron chi connectivity index (χ4n) is 14.7. The molecule has 0 spiro atoms. The molecule has 0 atom stereocenters. The number of fused-ring (bicyclic) bond motifs is 8. The van der Waals surface area contributed by atoms with E-state index in [0.29, 0.717) is 72.0 Å². The van der Waals surface area contributed by atoms with E-state index < -0.39 is 0 Å². The van der Waals surface area contributed by atoms with Gasteiger partial charge < -0.3 is 50.2 Å². The van der Waals surface area contributed by atoms with Crippen LogP contribution < -0.4 is 40.2 Å². The number of aromatic nitrogens is 4. The molecule has 16 nitrogen and oxygen atoms in total. The third-order valence-electron chi connectivity index (χ3n) is 21.2. The van der Waals surface area contributed by atoms with E-state index in [-0.39, 0.29) is 50.1 Å². The molecule has 8 bridgehead atoms. The minimum absolute atomic E-state index is 0.0959. The van der Waals surface area contributed by atoms with Gasteiger partial charge in [0, 0.05) is 70.5 Å². The molecule has 5 heterocycles. The van der Waals surface area contributed by atoms with Gasteiger partial charge in [-0.15, -0.1) is 0 Å². The number of H-pyrrole nitrogens is 2. The molecular formula is C96H130N8O8. The van der Waals surface area contributed by atoms with Crippen LogP contribution in [0.1, 0.15) is 282 Å². The van der Waals surface area contributed by atoms with Crippen LogP contribution in [0.2, 0.25) is 0 Å². The van der Waals surface area contributed by atoms with Crippen molar-refractivity contribution >= 4 is 70.0 Å². The van der Waals surface area contributed by atoms with Crippen molar-refractivity contribution in [2.24, 2.45) is 0 Å². The second kappa shape index (κ2) is 50.5. The Kier molecular flexibility index (Phi) is 39.0. The zero-order valence-electron chi connectivity index (χ0n) is 68.1. The van der Waals surface area contributed by atoms with Crippen molar-refractivity contribution in [3.63, 3.8) is 0 Å². The largest absolute Gasteiger partial charge is 0.484 e. The maximum absolute atomic E-state index is 13.1. The highest BCUT2D eigenvalue weighted by molar-refractivity contribution is 6.00. The first-order valence-corrected chi connectivity index (χ1v) is 43.3. The van der Waals surface area contributed by atoms with Crippen LogP contribution in [0.3, 0.4) is 0 Å². The predicted octanol–water partition coefficient (Wildman–Crippen LogP) is 23.4. The summed E-state index contributed by atoms with van der Waals surface area (Å²) in [6.07, 6.45) is 51.9. The van der Waals surface area contributed by atoms with E-state index in [1.54, 1.807) is 0 Å². The van der Waals surface area contributed by atoms with Gasteiger partial charge in [-0.2, -0.15) is 0 Å². The molecule has 602 valence electrons. The number of nitrogens with one attached hydrogen (secondary N) is 6. The van der Waals surface area contributed by atoms with E-state index in [1.807, 2.05) is 97.1 Å². The first-order valence-electron chi connectivity index (χ1n) is 43.3. The number of carbonyl (C=O) groups is 4. The van der Waals surface area contributed by atoms with Crippen molar-refractivity contribution in [3.05, 3.63) is 144 Å². The molecule has 16 heteroatoms. The van der Waals surface area contributed by atoms with Gasteiger partial charge in [0.05, 0.1) is 22.8 Å². The van der Waals surface area contributed by atoms with Crippen LogP contribution >= 0.6 is 0 Å². The number of unbranched alkanes of at least 4 members (excludes halogenated alkanes) is 32. The Morgan fingerprint density at radius 2 is 0.429 bits per heavy atom. The van der Waals surface area contributed by atoms with E-state index in [1.165, 1.54) is 180 Å². The lowest BCUT2D eigenvalue weighted by molar-refractivity contribution is -0.123. The molecule has 112 heavy (non-hydrogen) atoms. The SMILES string of the molecule is CCCCCCCCCCCNC(=O)COc1ccc(-c2c3nc(c(-c4ccc(OCC(=O)NCCCCCCCCCCC)cc4)c4ccc([nH]4)c(-c4ccc(OCC(=O)NCCCCCCCCCCC)cc4)c4nc(c(-c5ccc(OCC(=O)NCCCCCCCCCCC)cc5)c5ccc2[nH]5)C=C4)C=C3)cc1. The summed E-state index contributed by atoms with van der Waals surface area (Å²) in [5.74, 6) is 1.66. The van der Waals surface area contributed by atoms with Crippen molar-refractivity contribution in [3.8, 4) is 67.5 Å². The molecule has 4 amide bonds. The molecule has 7 aromatic rings. The Bertz CT molecular complexity index is 3650. The van der Waals surface area contributed by atoms with Gasteiger partial charge in [0.1, 0.15) is 23.0 Å². The van der Waals surface area contributed by atoms with Gasteiger partial charge in [0.15, 0.2) is 26.4 Å². The summed E-state index contributed by atoms with van der Waals surface area (Å²) in [5.41, 5.74) is 12.8. The summed E-state index contributed by atoms with van der Waals surface area (Å²) in [6, 6.07) is 39.6. The molecule has 0 aliphatic carbocycles. The number of nitrogens with zero attached hydrogens (tertiary/aromatic N) is 2. The van der Waals surface area contributed by atoms with Crippen LogP contribution in [-0.2, 0) is 19.2 Å². The van der Waals surface area contributed by atoms with E-state index in [9.17, 15) is 19.2 Å². The molecule has 2 aliphatic rings.